The number of hydrogen-bond acceptors (Lipinski definition) is 8. The Hall–Kier alpha value is -13.0. The Morgan fingerprint density at radius 3 is 0.704 bits per heavy atom. The summed E-state index contributed by atoms with van der Waals surface area (Å²) < 4.78 is 0. The van der Waals surface area contributed by atoms with Gasteiger partial charge < -0.3 is 0 Å². The van der Waals surface area contributed by atoms with Crippen molar-refractivity contribution in [2.45, 2.75) is 10.8 Å². The molecule has 1 aliphatic rings. The fourth-order valence-electron chi connectivity index (χ4n) is 14.6. The third-order valence-electron chi connectivity index (χ3n) is 19.2. The summed E-state index contributed by atoms with van der Waals surface area (Å²) in [4.78, 5) is 38.0. The van der Waals surface area contributed by atoms with E-state index in [2.05, 4.69) is 240 Å². The van der Waals surface area contributed by atoms with Crippen molar-refractivity contribution in [1.29, 1.82) is 0 Å². The van der Waals surface area contributed by atoms with Crippen molar-refractivity contribution in [2.75, 3.05) is 0 Å². The molecule has 8 heteroatoms. The van der Waals surface area contributed by atoms with Gasteiger partial charge in [0.2, 0.25) is 0 Å². The van der Waals surface area contributed by atoms with Crippen molar-refractivity contribution >= 4 is 0 Å². The van der Waals surface area contributed by atoms with Crippen molar-refractivity contribution < 1.29 is 0 Å². The molecule has 17 rings (SSSR count). The molecule has 0 fully saturated rings. The first-order valence-corrected chi connectivity index (χ1v) is 32.9. The van der Waals surface area contributed by atoms with Crippen LogP contribution in [0.3, 0.4) is 0 Å². The summed E-state index contributed by atoms with van der Waals surface area (Å²) in [5, 5.41) is 0. The van der Waals surface area contributed by atoms with Crippen molar-refractivity contribution in [1.82, 2.24) is 39.9 Å². The summed E-state index contributed by atoms with van der Waals surface area (Å²) in [5.74, 6) is 0. The van der Waals surface area contributed by atoms with Crippen molar-refractivity contribution in [2.24, 2.45) is 0 Å². The molecule has 0 amide bonds. The van der Waals surface area contributed by atoms with Crippen molar-refractivity contribution in [3.05, 3.63) is 410 Å². The highest BCUT2D eigenvalue weighted by molar-refractivity contribution is 5.83. The van der Waals surface area contributed by atoms with Crippen LogP contribution < -0.4 is 0 Å². The second-order valence-corrected chi connectivity index (χ2v) is 24.7. The maximum absolute atomic E-state index is 5.09. The molecule has 8 aromatic carbocycles. The summed E-state index contributed by atoms with van der Waals surface area (Å²) in [6.07, 6.45) is 14.8. The first kappa shape index (κ1) is 58.8. The Labute approximate surface area is 569 Å². The SMILES string of the molecule is c1ccc(-c2cc(-c3cccc(-c4ccc(C5(c6ccc(-c7cccnc7)cc6)c6ccccc6C(c6ccc(-c7cccnc7)cc6)(c6ccc(-c7cccc(-c8cc(-c9ccccn9)nc(-c9ccccn9)c8)c7)cc6)c6ccccc65)cc4)c3)cc(-c3ccccn3)n2)nc1. The lowest BCUT2D eigenvalue weighted by molar-refractivity contribution is 0.615. The van der Waals surface area contributed by atoms with Crippen LogP contribution in [0.25, 0.3) is 112 Å². The van der Waals surface area contributed by atoms with Gasteiger partial charge in [-0.1, -0.05) is 218 Å². The molecule has 0 N–H and O–H groups in total. The second kappa shape index (κ2) is 25.4. The average Bonchev–Trinajstić information content (AvgIpc) is 0.674. The number of pyridine rings is 8. The van der Waals surface area contributed by atoms with E-state index in [9.17, 15) is 0 Å². The molecule has 0 saturated heterocycles. The molecule has 0 spiro atoms. The van der Waals surface area contributed by atoms with Crippen molar-refractivity contribution in [3.8, 4) is 112 Å². The monoisotopic (exact) mass is 1250 g/mol. The van der Waals surface area contributed by atoms with Gasteiger partial charge in [0.1, 0.15) is 0 Å². The molecule has 8 nitrogen and oxygen atoms in total. The molecule has 0 unspecified atom stereocenters. The lowest BCUT2D eigenvalue weighted by atomic mass is 9.50. The predicted molar refractivity (Wildman–Crippen MR) is 393 cm³/mol. The molecule has 0 saturated carbocycles. The fraction of sp³-hybridized carbons (Fsp3) is 0.0222. The zero-order valence-corrected chi connectivity index (χ0v) is 53.2. The molecule has 98 heavy (non-hydrogen) atoms. The van der Waals surface area contributed by atoms with E-state index >= 15 is 0 Å². The van der Waals surface area contributed by atoms with E-state index < -0.39 is 10.8 Å². The van der Waals surface area contributed by atoms with Gasteiger partial charge in [0.15, 0.2) is 0 Å². The van der Waals surface area contributed by atoms with Crippen LogP contribution in [0.1, 0.15) is 44.5 Å². The zero-order valence-electron chi connectivity index (χ0n) is 53.2. The second-order valence-electron chi connectivity index (χ2n) is 24.7. The molecule has 0 bridgehead atoms. The fourth-order valence-corrected chi connectivity index (χ4v) is 14.6. The number of hydrogen-bond donors (Lipinski definition) is 0. The van der Waals surface area contributed by atoms with Gasteiger partial charge in [0, 0.05) is 49.6 Å². The van der Waals surface area contributed by atoms with E-state index in [0.29, 0.717) is 0 Å². The normalized spacial score (nSPS) is 14.6. The lowest BCUT2D eigenvalue weighted by Crippen LogP contribution is -2.45. The van der Waals surface area contributed by atoms with Crippen LogP contribution in [0.4, 0.5) is 0 Å². The van der Waals surface area contributed by atoms with Crippen LogP contribution >= 0.6 is 0 Å². The minimum Gasteiger partial charge on any atom is -0.264 e. The number of nitrogens with zero attached hydrogens (tertiary/aromatic N) is 8. The van der Waals surface area contributed by atoms with Crippen LogP contribution in [-0.4, -0.2) is 39.9 Å². The van der Waals surface area contributed by atoms with Gasteiger partial charge in [0.25, 0.3) is 0 Å². The van der Waals surface area contributed by atoms with Gasteiger partial charge in [0.05, 0.1) is 56.4 Å². The predicted octanol–water partition coefficient (Wildman–Crippen LogP) is 20.6. The van der Waals surface area contributed by atoms with Crippen LogP contribution in [0.15, 0.2) is 365 Å². The zero-order chi connectivity index (χ0) is 65.2. The summed E-state index contributed by atoms with van der Waals surface area (Å²) in [6, 6.07) is 113. The summed E-state index contributed by atoms with van der Waals surface area (Å²) in [6.45, 7) is 0. The van der Waals surface area contributed by atoms with Gasteiger partial charge in [-0.25, -0.2) is 9.97 Å². The van der Waals surface area contributed by atoms with Gasteiger partial charge in [-0.3, -0.25) is 29.9 Å². The lowest BCUT2D eigenvalue weighted by Gasteiger charge is -2.51. The quantitative estimate of drug-likeness (QED) is 0.106. The Bertz CT molecular complexity index is 5000. The molecule has 0 radical (unpaired) electrons. The topological polar surface area (TPSA) is 103 Å². The third kappa shape index (κ3) is 10.6. The maximum Gasteiger partial charge on any atom is 0.0900 e. The molecule has 460 valence electrons. The number of rotatable bonds is 14. The van der Waals surface area contributed by atoms with Crippen LogP contribution in [0.5, 0.6) is 0 Å². The minimum absolute atomic E-state index is 0.782. The van der Waals surface area contributed by atoms with Gasteiger partial charge in [-0.05, 0) is 208 Å². The number of fused-ring (bicyclic) bond motifs is 2. The van der Waals surface area contributed by atoms with E-state index in [-0.39, 0.29) is 0 Å². The van der Waals surface area contributed by atoms with Gasteiger partial charge in [-0.15, -0.1) is 0 Å². The van der Waals surface area contributed by atoms with E-state index in [1.807, 2.05) is 135 Å². The van der Waals surface area contributed by atoms with E-state index in [1.54, 1.807) is 0 Å². The molecule has 1 aliphatic carbocycles. The summed E-state index contributed by atoms with van der Waals surface area (Å²) >= 11 is 0. The average molecular weight is 1250 g/mol. The Balaban J connectivity index is 0.824. The highest BCUT2D eigenvalue weighted by Gasteiger charge is 2.53. The minimum atomic E-state index is -0.818. The summed E-state index contributed by atoms with van der Waals surface area (Å²) in [5.41, 5.74) is 26.9. The largest absolute Gasteiger partial charge is 0.264 e. The molecule has 0 aliphatic heterocycles. The van der Waals surface area contributed by atoms with E-state index in [1.165, 1.54) is 22.3 Å². The molecular weight excluding hydrogens is 1190 g/mol. The molecule has 0 atom stereocenters. The van der Waals surface area contributed by atoms with Crippen LogP contribution in [-0.2, 0) is 10.8 Å². The standard InChI is InChI=1S/C90H60N8/c1-2-24-78-77(23-1)89(75-43-35-63(36-44-75)69-21-15-47-91-59-69,73-39-31-61(32-40-73)65-17-13-19-67(53-65)71-55-85(81-27-5-9-49-93-81)97-86(56-71)82-28-6-10-50-94-82)79-25-3-4-26-80(79)90(78,76-45-37-64(38-46-76)70-22-16-48-92-60-70)74-41-33-62(34-42-74)66-18-14-20-68(54-66)72-57-87(83-29-7-11-51-95-83)98-88(58-72)84-30-8-12-52-96-84/h1-60H. The number of aromatic nitrogens is 8. The molecule has 8 aromatic heterocycles. The molecular formula is C90H60N8. The van der Waals surface area contributed by atoms with Crippen LogP contribution in [0.2, 0.25) is 0 Å². The highest BCUT2D eigenvalue weighted by Crippen LogP contribution is 2.60. The van der Waals surface area contributed by atoms with Gasteiger partial charge in [-0.2, -0.15) is 0 Å². The number of benzene rings is 8. The Morgan fingerprint density at radius 2 is 0.439 bits per heavy atom. The van der Waals surface area contributed by atoms with E-state index in [4.69, 9.17) is 29.9 Å². The van der Waals surface area contributed by atoms with Crippen molar-refractivity contribution in [3.63, 3.8) is 0 Å². The van der Waals surface area contributed by atoms with Gasteiger partial charge >= 0.3 is 0 Å². The third-order valence-corrected chi connectivity index (χ3v) is 19.2. The van der Waals surface area contributed by atoms with Crippen LogP contribution in [0, 0.1) is 0 Å². The maximum atomic E-state index is 5.09. The smallest absolute Gasteiger partial charge is 0.0900 e. The first-order valence-electron chi connectivity index (χ1n) is 32.9. The van der Waals surface area contributed by atoms with E-state index in [0.717, 1.165) is 135 Å². The molecule has 8 heterocycles. The molecule has 16 aromatic rings. The Kier molecular flexibility index (Phi) is 15.2. The first-order chi connectivity index (χ1) is 48.5. The highest BCUT2D eigenvalue weighted by atomic mass is 14.8. The Morgan fingerprint density at radius 1 is 0.173 bits per heavy atom. The summed E-state index contributed by atoms with van der Waals surface area (Å²) in [7, 11) is 0.